The fourth-order valence-corrected chi connectivity index (χ4v) is 0.809. The summed E-state index contributed by atoms with van der Waals surface area (Å²) in [6, 6.07) is 0. The molecule has 0 atom stereocenters. The normalized spacial score (nSPS) is 14.5. The summed E-state index contributed by atoms with van der Waals surface area (Å²) >= 11 is 0. The summed E-state index contributed by atoms with van der Waals surface area (Å²) in [6.45, 7) is 0. The molecule has 0 heterocycles. The summed E-state index contributed by atoms with van der Waals surface area (Å²) in [4.78, 5) is 13.4. The summed E-state index contributed by atoms with van der Waals surface area (Å²) in [7, 11) is 0.864. The number of aliphatic carboxylic acids is 1. The maximum absolute atomic E-state index is 12.2. The molecule has 0 saturated heterocycles. The summed E-state index contributed by atoms with van der Waals surface area (Å²) in [5, 5.41) is 8.46. The zero-order valence-electron chi connectivity index (χ0n) is 7.55. The van der Waals surface area contributed by atoms with Gasteiger partial charge in [-0.25, -0.2) is 22.4 Å². The molecule has 0 aromatic heterocycles. The zero-order chi connectivity index (χ0) is 12.2. The van der Waals surface area contributed by atoms with Gasteiger partial charge in [-0.1, -0.05) is 0 Å². The number of rotatable bonds is 4. The highest BCUT2D eigenvalue weighted by Gasteiger charge is 2.28. The molecule has 0 radical (unpaired) electrons. The number of nitrogens with zero attached hydrogens (tertiary/aromatic N) is 1. The van der Waals surface area contributed by atoms with E-state index in [0.717, 1.165) is 7.05 Å². The van der Waals surface area contributed by atoms with Crippen LogP contribution in [0.25, 0.3) is 0 Å². The van der Waals surface area contributed by atoms with Gasteiger partial charge in [0.05, 0.1) is 5.70 Å². The topological polar surface area (TPSA) is 75.7 Å². The summed E-state index contributed by atoms with van der Waals surface area (Å²) in [5.74, 6) is -1.96. The van der Waals surface area contributed by atoms with E-state index in [-0.39, 0.29) is 0 Å². The molecule has 15 heavy (non-hydrogen) atoms. The molecule has 4 nitrogen and oxygen atoms in total. The molecular weight excluding hydrogens is 220 g/mol. The molecule has 0 aromatic carbocycles. The van der Waals surface area contributed by atoms with E-state index < -0.39 is 35.8 Å². The summed E-state index contributed by atoms with van der Waals surface area (Å²) < 4.78 is 48.5. The van der Waals surface area contributed by atoms with Crippen LogP contribution in [-0.2, 0) is 4.79 Å². The number of nitrogens with two attached hydrogens (primary N) is 1. The SMILES string of the molecule is CN=C(C(C(=O)O)=C(N)C(F)F)C(F)F. The highest BCUT2D eigenvalue weighted by Crippen LogP contribution is 2.15. The number of carbonyl (C=O) groups is 1. The third-order valence-electron chi connectivity index (χ3n) is 1.44. The fourth-order valence-electron chi connectivity index (χ4n) is 0.809. The van der Waals surface area contributed by atoms with Gasteiger partial charge in [-0.2, -0.15) is 0 Å². The van der Waals surface area contributed by atoms with Crippen molar-refractivity contribution in [3.63, 3.8) is 0 Å². The van der Waals surface area contributed by atoms with Gasteiger partial charge < -0.3 is 10.8 Å². The number of aliphatic imine (C=N–C) groups is 1. The van der Waals surface area contributed by atoms with E-state index in [1.807, 2.05) is 0 Å². The van der Waals surface area contributed by atoms with Crippen LogP contribution in [0.1, 0.15) is 0 Å². The van der Waals surface area contributed by atoms with Gasteiger partial charge in [0.2, 0.25) is 0 Å². The Morgan fingerprint density at radius 3 is 1.93 bits per heavy atom. The lowest BCUT2D eigenvalue weighted by atomic mass is 10.1. The number of carboxylic acids is 1. The average molecular weight is 228 g/mol. The van der Waals surface area contributed by atoms with E-state index in [2.05, 4.69) is 4.99 Å². The molecule has 8 heteroatoms. The Morgan fingerprint density at radius 1 is 1.27 bits per heavy atom. The van der Waals surface area contributed by atoms with E-state index in [1.165, 1.54) is 0 Å². The van der Waals surface area contributed by atoms with Crippen LogP contribution >= 0.6 is 0 Å². The standard InChI is InChI=1S/C7H8F4N2O2/c1-13-4(6(10)11)2(7(14)15)3(12)5(8)9/h5-6H,12H2,1H3,(H,14,15). The maximum atomic E-state index is 12.2. The van der Waals surface area contributed by atoms with E-state index in [4.69, 9.17) is 10.8 Å². The van der Waals surface area contributed by atoms with Crippen LogP contribution in [-0.4, -0.2) is 36.7 Å². The fraction of sp³-hybridized carbons (Fsp3) is 0.429. The first-order chi connectivity index (χ1) is 6.82. The quantitative estimate of drug-likeness (QED) is 0.426. The van der Waals surface area contributed by atoms with Crippen molar-refractivity contribution in [3.05, 3.63) is 11.3 Å². The molecule has 0 aliphatic heterocycles. The van der Waals surface area contributed by atoms with Gasteiger partial charge in [-0.3, -0.25) is 4.99 Å². The van der Waals surface area contributed by atoms with Crippen LogP contribution < -0.4 is 5.73 Å². The predicted octanol–water partition coefficient (Wildman–Crippen LogP) is 0.885. The number of hydrogen-bond donors (Lipinski definition) is 2. The highest BCUT2D eigenvalue weighted by molar-refractivity contribution is 6.21. The van der Waals surface area contributed by atoms with Crippen molar-refractivity contribution in [1.29, 1.82) is 0 Å². The second-order valence-electron chi connectivity index (χ2n) is 2.35. The molecule has 0 fully saturated rings. The Morgan fingerprint density at radius 2 is 1.73 bits per heavy atom. The van der Waals surface area contributed by atoms with Crippen molar-refractivity contribution in [1.82, 2.24) is 0 Å². The Labute approximate surface area is 82.1 Å². The van der Waals surface area contributed by atoms with Gasteiger partial charge in [-0.05, 0) is 0 Å². The number of carboxylic acid groups (broad SMARTS) is 1. The molecule has 86 valence electrons. The van der Waals surface area contributed by atoms with E-state index >= 15 is 0 Å². The minimum absolute atomic E-state index is 0.864. The Kier molecular flexibility index (Phi) is 4.75. The first-order valence-electron chi connectivity index (χ1n) is 3.59. The number of allylic oxidation sites excluding steroid dienone is 1. The third-order valence-corrected chi connectivity index (χ3v) is 1.44. The zero-order valence-corrected chi connectivity index (χ0v) is 7.55. The molecule has 3 N–H and O–H groups in total. The first kappa shape index (κ1) is 13.4. The summed E-state index contributed by atoms with van der Waals surface area (Å²) in [5.41, 5.74) is 0.675. The van der Waals surface area contributed by atoms with Crippen LogP contribution in [0.3, 0.4) is 0 Å². The minimum atomic E-state index is -3.33. The van der Waals surface area contributed by atoms with Gasteiger partial charge in [-0.15, -0.1) is 0 Å². The van der Waals surface area contributed by atoms with Crippen molar-refractivity contribution in [3.8, 4) is 0 Å². The molecule has 0 saturated carbocycles. The number of hydrogen-bond acceptors (Lipinski definition) is 3. The smallest absolute Gasteiger partial charge is 0.339 e. The largest absolute Gasteiger partial charge is 0.478 e. The number of alkyl halides is 4. The lowest BCUT2D eigenvalue weighted by Gasteiger charge is -2.09. The van der Waals surface area contributed by atoms with Gasteiger partial charge in [0.25, 0.3) is 12.9 Å². The Hall–Kier alpha value is -1.60. The molecule has 0 bridgehead atoms. The Balaban J connectivity index is 5.52. The highest BCUT2D eigenvalue weighted by atomic mass is 19.3. The van der Waals surface area contributed by atoms with Gasteiger partial charge in [0.1, 0.15) is 11.3 Å². The average Bonchev–Trinajstić information content (AvgIpc) is 2.11. The van der Waals surface area contributed by atoms with E-state index in [9.17, 15) is 22.4 Å². The molecule has 0 aromatic rings. The van der Waals surface area contributed by atoms with Crippen LogP contribution in [0.2, 0.25) is 0 Å². The molecule has 0 amide bonds. The molecule has 0 aliphatic rings. The van der Waals surface area contributed by atoms with Gasteiger partial charge in [0, 0.05) is 7.05 Å². The monoisotopic (exact) mass is 228 g/mol. The minimum Gasteiger partial charge on any atom is -0.478 e. The Bertz CT molecular complexity index is 312. The molecule has 0 spiro atoms. The van der Waals surface area contributed by atoms with Gasteiger partial charge in [0.15, 0.2) is 0 Å². The molecular formula is C7H8F4N2O2. The lowest BCUT2D eigenvalue weighted by Crippen LogP contribution is -2.26. The van der Waals surface area contributed by atoms with Crippen LogP contribution in [0.15, 0.2) is 16.3 Å². The van der Waals surface area contributed by atoms with E-state index in [1.54, 1.807) is 0 Å². The third kappa shape index (κ3) is 3.22. The second kappa shape index (κ2) is 5.32. The first-order valence-corrected chi connectivity index (χ1v) is 3.59. The molecule has 0 aliphatic carbocycles. The van der Waals surface area contributed by atoms with Crippen LogP contribution in [0.5, 0.6) is 0 Å². The van der Waals surface area contributed by atoms with Crippen molar-refractivity contribution in [2.24, 2.45) is 10.7 Å². The molecule has 0 rings (SSSR count). The van der Waals surface area contributed by atoms with Crippen molar-refractivity contribution in [2.75, 3.05) is 7.05 Å². The maximum Gasteiger partial charge on any atom is 0.339 e. The second-order valence-corrected chi connectivity index (χ2v) is 2.35. The van der Waals surface area contributed by atoms with Crippen LogP contribution in [0, 0.1) is 0 Å². The number of halogens is 4. The molecule has 0 unspecified atom stereocenters. The van der Waals surface area contributed by atoms with Crippen molar-refractivity contribution < 1.29 is 27.5 Å². The summed E-state index contributed by atoms with van der Waals surface area (Å²) in [6.07, 6.45) is -6.61. The lowest BCUT2D eigenvalue weighted by molar-refractivity contribution is -0.132. The van der Waals surface area contributed by atoms with Crippen molar-refractivity contribution >= 4 is 11.7 Å². The van der Waals surface area contributed by atoms with Crippen LogP contribution in [0.4, 0.5) is 17.6 Å². The van der Waals surface area contributed by atoms with E-state index in [0.29, 0.717) is 0 Å². The predicted molar refractivity (Wildman–Crippen MR) is 44.2 cm³/mol. The van der Waals surface area contributed by atoms with Gasteiger partial charge >= 0.3 is 5.97 Å². The van der Waals surface area contributed by atoms with Crippen molar-refractivity contribution in [2.45, 2.75) is 12.9 Å².